The van der Waals surface area contributed by atoms with Crippen molar-refractivity contribution in [1.82, 2.24) is 25.5 Å². The molecule has 0 radical (unpaired) electrons. The van der Waals surface area contributed by atoms with Crippen molar-refractivity contribution in [3.8, 4) is 0 Å². The van der Waals surface area contributed by atoms with Crippen molar-refractivity contribution in [3.63, 3.8) is 0 Å². The summed E-state index contributed by atoms with van der Waals surface area (Å²) in [6.45, 7) is 0.668. The van der Waals surface area contributed by atoms with Crippen molar-refractivity contribution in [2.45, 2.75) is 13.0 Å². The van der Waals surface area contributed by atoms with Crippen LogP contribution in [0, 0.1) is 0 Å². The Labute approximate surface area is 111 Å². The van der Waals surface area contributed by atoms with Crippen LogP contribution in [0.5, 0.6) is 0 Å². The highest BCUT2D eigenvalue weighted by atomic mass is 15.2. The Morgan fingerprint density at radius 3 is 2.89 bits per heavy atom. The lowest BCUT2D eigenvalue weighted by Crippen LogP contribution is -2.06. The van der Waals surface area contributed by atoms with Crippen LogP contribution in [0.25, 0.3) is 10.9 Å². The number of aromatic amines is 1. The van der Waals surface area contributed by atoms with Crippen molar-refractivity contribution >= 4 is 10.9 Å². The van der Waals surface area contributed by atoms with E-state index < -0.39 is 0 Å². The average Bonchev–Trinajstić information content (AvgIpc) is 2.86. The largest absolute Gasteiger partial charge is 0.313 e. The normalized spacial score (nSPS) is 11.0. The number of hydrogen-bond acceptors (Lipinski definition) is 4. The minimum atomic E-state index is 0.668. The Hall–Kier alpha value is -2.27. The van der Waals surface area contributed by atoms with Gasteiger partial charge in [-0.1, -0.05) is 24.3 Å². The van der Waals surface area contributed by atoms with E-state index in [4.69, 9.17) is 0 Å². The van der Waals surface area contributed by atoms with Gasteiger partial charge >= 0.3 is 0 Å². The van der Waals surface area contributed by atoms with Crippen molar-refractivity contribution < 1.29 is 0 Å². The Morgan fingerprint density at radius 2 is 2.00 bits per heavy atom. The number of nitrogens with one attached hydrogen (secondary N) is 2. The quantitative estimate of drug-likeness (QED) is 0.742. The summed E-state index contributed by atoms with van der Waals surface area (Å²) in [7, 11) is 1.88. The molecule has 0 unspecified atom stereocenters. The van der Waals surface area contributed by atoms with Crippen LogP contribution in [0.2, 0.25) is 0 Å². The zero-order valence-corrected chi connectivity index (χ0v) is 10.7. The molecule has 0 bridgehead atoms. The zero-order chi connectivity index (χ0) is 13.1. The topological polar surface area (TPSA) is 66.5 Å². The van der Waals surface area contributed by atoms with E-state index in [-0.39, 0.29) is 0 Å². The van der Waals surface area contributed by atoms with Crippen LogP contribution in [0.15, 0.2) is 36.4 Å². The molecule has 0 aliphatic carbocycles. The summed E-state index contributed by atoms with van der Waals surface area (Å²) in [6, 6.07) is 12.2. The van der Waals surface area contributed by atoms with Crippen molar-refractivity contribution in [2.24, 2.45) is 0 Å². The van der Waals surface area contributed by atoms with Gasteiger partial charge in [0.1, 0.15) is 5.82 Å². The number of nitrogens with zero attached hydrogens (tertiary/aromatic N) is 3. The molecule has 0 aliphatic heterocycles. The smallest absolute Gasteiger partial charge is 0.164 e. The number of para-hydroxylation sites is 1. The first-order chi connectivity index (χ1) is 9.35. The van der Waals surface area contributed by atoms with Crippen LogP contribution < -0.4 is 5.32 Å². The third kappa shape index (κ3) is 2.61. The molecule has 2 aromatic heterocycles. The number of fused-ring (bicyclic) bond motifs is 1. The molecule has 3 rings (SSSR count). The molecule has 5 heteroatoms. The lowest BCUT2D eigenvalue weighted by atomic mass is 10.2. The average molecular weight is 253 g/mol. The predicted octanol–water partition coefficient (Wildman–Crippen LogP) is 1.66. The van der Waals surface area contributed by atoms with Gasteiger partial charge in [-0.05, 0) is 19.2 Å². The third-order valence-corrected chi connectivity index (χ3v) is 2.92. The van der Waals surface area contributed by atoms with E-state index in [1.807, 2.05) is 31.3 Å². The fourth-order valence-corrected chi connectivity index (χ4v) is 2.03. The molecule has 2 N–H and O–H groups in total. The number of benzene rings is 1. The van der Waals surface area contributed by atoms with Gasteiger partial charge in [0.05, 0.1) is 12.1 Å². The lowest BCUT2D eigenvalue weighted by Gasteiger charge is -2.00. The summed E-state index contributed by atoms with van der Waals surface area (Å²) in [5.74, 6) is 1.62. The first-order valence-corrected chi connectivity index (χ1v) is 6.24. The maximum absolute atomic E-state index is 4.62. The van der Waals surface area contributed by atoms with Gasteiger partial charge in [0.15, 0.2) is 5.82 Å². The second-order valence-electron chi connectivity index (χ2n) is 4.40. The molecule has 0 spiro atoms. The number of aromatic nitrogens is 4. The van der Waals surface area contributed by atoms with Gasteiger partial charge in [-0.15, -0.1) is 0 Å². The monoisotopic (exact) mass is 253 g/mol. The Kier molecular flexibility index (Phi) is 3.20. The second kappa shape index (κ2) is 5.16. The van der Waals surface area contributed by atoms with E-state index in [1.54, 1.807) is 0 Å². The Morgan fingerprint density at radius 1 is 1.11 bits per heavy atom. The van der Waals surface area contributed by atoms with Gasteiger partial charge < -0.3 is 5.32 Å². The summed E-state index contributed by atoms with van der Waals surface area (Å²) in [5.41, 5.74) is 2.00. The maximum Gasteiger partial charge on any atom is 0.164 e. The van der Waals surface area contributed by atoms with E-state index in [2.05, 4.69) is 37.6 Å². The minimum Gasteiger partial charge on any atom is -0.313 e. The summed E-state index contributed by atoms with van der Waals surface area (Å²) < 4.78 is 0. The van der Waals surface area contributed by atoms with Crippen LogP contribution >= 0.6 is 0 Å². The molecular weight excluding hydrogens is 238 g/mol. The Balaban J connectivity index is 1.83. The minimum absolute atomic E-state index is 0.668. The number of hydrogen-bond donors (Lipinski definition) is 2. The van der Waals surface area contributed by atoms with Gasteiger partial charge in [0, 0.05) is 17.5 Å². The molecule has 0 saturated heterocycles. The highest BCUT2D eigenvalue weighted by Crippen LogP contribution is 2.13. The van der Waals surface area contributed by atoms with Gasteiger partial charge in [0.25, 0.3) is 0 Å². The molecule has 5 nitrogen and oxygen atoms in total. The van der Waals surface area contributed by atoms with E-state index in [1.165, 1.54) is 0 Å². The summed E-state index contributed by atoms with van der Waals surface area (Å²) in [6.07, 6.45) is 0.668. The molecule has 0 saturated carbocycles. The van der Waals surface area contributed by atoms with E-state index in [0.717, 1.165) is 28.2 Å². The van der Waals surface area contributed by atoms with Crippen molar-refractivity contribution in [1.29, 1.82) is 0 Å². The third-order valence-electron chi connectivity index (χ3n) is 2.92. The van der Waals surface area contributed by atoms with Crippen LogP contribution in [0.1, 0.15) is 17.3 Å². The van der Waals surface area contributed by atoms with Gasteiger partial charge in [-0.3, -0.25) is 10.1 Å². The van der Waals surface area contributed by atoms with Gasteiger partial charge in [-0.2, -0.15) is 5.10 Å². The van der Waals surface area contributed by atoms with Crippen LogP contribution in [-0.4, -0.2) is 27.2 Å². The molecule has 96 valence electrons. The molecule has 0 fully saturated rings. The SMILES string of the molecule is CNCc1n[nH]c(Cc2ccc3ccccc3n2)n1. The lowest BCUT2D eigenvalue weighted by molar-refractivity contribution is 0.762. The molecule has 0 aliphatic rings. The van der Waals surface area contributed by atoms with E-state index in [9.17, 15) is 0 Å². The fourth-order valence-electron chi connectivity index (χ4n) is 2.03. The van der Waals surface area contributed by atoms with Gasteiger partial charge in [-0.25, -0.2) is 4.98 Å². The summed E-state index contributed by atoms with van der Waals surface area (Å²) in [4.78, 5) is 9.03. The molecule has 3 aromatic rings. The number of pyridine rings is 1. The van der Waals surface area contributed by atoms with Crippen LogP contribution in [0.4, 0.5) is 0 Å². The number of H-pyrrole nitrogens is 1. The second-order valence-corrected chi connectivity index (χ2v) is 4.40. The number of rotatable bonds is 4. The fraction of sp³-hybridized carbons (Fsp3) is 0.214. The molecule has 19 heavy (non-hydrogen) atoms. The van der Waals surface area contributed by atoms with Crippen molar-refractivity contribution in [2.75, 3.05) is 7.05 Å². The first kappa shape index (κ1) is 11.8. The van der Waals surface area contributed by atoms with Crippen LogP contribution in [0.3, 0.4) is 0 Å². The molecule has 1 aromatic carbocycles. The molecular formula is C14H15N5. The van der Waals surface area contributed by atoms with Gasteiger partial charge in [0.2, 0.25) is 0 Å². The van der Waals surface area contributed by atoms with Crippen LogP contribution in [-0.2, 0) is 13.0 Å². The maximum atomic E-state index is 4.62. The Bertz CT molecular complexity index is 689. The summed E-state index contributed by atoms with van der Waals surface area (Å²) in [5, 5.41) is 11.3. The highest BCUT2D eigenvalue weighted by Gasteiger charge is 2.05. The molecule has 2 heterocycles. The molecule has 0 atom stereocenters. The van der Waals surface area contributed by atoms with E-state index >= 15 is 0 Å². The molecule has 0 amide bonds. The highest BCUT2D eigenvalue weighted by molar-refractivity contribution is 5.78. The van der Waals surface area contributed by atoms with Crippen molar-refractivity contribution in [3.05, 3.63) is 53.7 Å². The standard InChI is InChI=1S/C14H15N5/c1-15-9-14-17-13(18-19-14)8-11-7-6-10-4-2-3-5-12(10)16-11/h2-7,15H,8-9H2,1H3,(H,17,18,19). The van der Waals surface area contributed by atoms with E-state index in [0.29, 0.717) is 13.0 Å². The summed E-state index contributed by atoms with van der Waals surface area (Å²) >= 11 is 0. The zero-order valence-electron chi connectivity index (χ0n) is 10.7. The predicted molar refractivity (Wildman–Crippen MR) is 73.7 cm³/mol. The first-order valence-electron chi connectivity index (χ1n) is 6.24.